The molecule has 2 aromatic heterocycles. The number of aromatic nitrogens is 3. The highest BCUT2D eigenvalue weighted by Crippen LogP contribution is 1.94. The summed E-state index contributed by atoms with van der Waals surface area (Å²) in [6, 6.07) is 3.64. The van der Waals surface area contributed by atoms with Gasteiger partial charge in [0.05, 0.1) is 5.52 Å². The van der Waals surface area contributed by atoms with Gasteiger partial charge in [0.25, 0.3) is 0 Å². The van der Waals surface area contributed by atoms with Gasteiger partial charge in [0.2, 0.25) is 0 Å². The van der Waals surface area contributed by atoms with Gasteiger partial charge in [-0.15, -0.1) is 0 Å². The fourth-order valence-electron chi connectivity index (χ4n) is 1.04. The van der Waals surface area contributed by atoms with Gasteiger partial charge in [-0.1, -0.05) is 0 Å². The average molecular weight is 149 g/mol. The molecule has 0 unspecified atom stereocenters. The third-order valence-electron chi connectivity index (χ3n) is 1.59. The van der Waals surface area contributed by atoms with Crippen molar-refractivity contribution in [2.24, 2.45) is 7.05 Å². The first-order valence-corrected chi connectivity index (χ1v) is 3.28. The van der Waals surface area contributed by atoms with Gasteiger partial charge in [0.1, 0.15) is 0 Å². The van der Waals surface area contributed by atoms with Crippen LogP contribution in [-0.2, 0) is 7.05 Å². The van der Waals surface area contributed by atoms with Crippen LogP contribution in [0.5, 0.6) is 0 Å². The molecule has 0 amide bonds. The van der Waals surface area contributed by atoms with Gasteiger partial charge in [-0.3, -0.25) is 0 Å². The monoisotopic (exact) mass is 149 g/mol. The Balaban J connectivity index is 3.04. The quantitative estimate of drug-likeness (QED) is 0.530. The molecule has 0 atom stereocenters. The molecule has 0 saturated carbocycles. The van der Waals surface area contributed by atoms with Crippen molar-refractivity contribution < 1.29 is 0 Å². The van der Waals surface area contributed by atoms with Crippen LogP contribution < -0.4 is 5.69 Å². The summed E-state index contributed by atoms with van der Waals surface area (Å²) < 4.78 is 2.86. The lowest BCUT2D eigenvalue weighted by Gasteiger charge is -1.85. The molecular weight excluding hydrogens is 142 g/mol. The summed E-state index contributed by atoms with van der Waals surface area (Å²) in [6.07, 6.45) is 3.34. The molecular formula is C7H7N3O. The molecule has 0 saturated heterocycles. The largest absolute Gasteiger partial charge is 0.349 e. The second-order valence-corrected chi connectivity index (χ2v) is 2.38. The van der Waals surface area contributed by atoms with E-state index in [4.69, 9.17) is 0 Å². The highest BCUT2D eigenvalue weighted by molar-refractivity contribution is 5.42. The predicted molar refractivity (Wildman–Crippen MR) is 40.4 cm³/mol. The van der Waals surface area contributed by atoms with Crippen LogP contribution in [0.15, 0.2) is 29.3 Å². The number of hydrogen-bond acceptors (Lipinski definition) is 2. The average Bonchev–Trinajstić information content (AvgIpc) is 2.30. The molecule has 4 nitrogen and oxygen atoms in total. The van der Waals surface area contributed by atoms with Crippen LogP contribution in [-0.4, -0.2) is 14.2 Å². The molecule has 0 bridgehead atoms. The number of nitrogens with zero attached hydrogens (tertiary/aromatic N) is 3. The molecule has 2 heterocycles. The molecule has 0 spiro atoms. The number of hydrogen-bond donors (Lipinski definition) is 0. The lowest BCUT2D eigenvalue weighted by atomic mass is 10.5. The van der Waals surface area contributed by atoms with E-state index in [1.54, 1.807) is 25.5 Å². The molecule has 2 aromatic rings. The van der Waals surface area contributed by atoms with Crippen molar-refractivity contribution in [2.45, 2.75) is 0 Å². The SMILES string of the molecule is Cn1cc2cccnn2c1=O. The Bertz CT molecular complexity index is 440. The predicted octanol–water partition coefficient (Wildman–Crippen LogP) is 0.0330. The number of rotatable bonds is 0. The zero-order valence-corrected chi connectivity index (χ0v) is 6.06. The molecule has 2 rings (SSSR count). The summed E-state index contributed by atoms with van der Waals surface area (Å²) in [5, 5.41) is 3.88. The van der Waals surface area contributed by atoms with E-state index in [1.807, 2.05) is 6.07 Å². The van der Waals surface area contributed by atoms with Crippen molar-refractivity contribution in [1.82, 2.24) is 14.2 Å². The summed E-state index contributed by atoms with van der Waals surface area (Å²) >= 11 is 0. The van der Waals surface area contributed by atoms with Crippen molar-refractivity contribution >= 4 is 5.52 Å². The highest BCUT2D eigenvalue weighted by Gasteiger charge is 1.98. The van der Waals surface area contributed by atoms with Gasteiger partial charge in [-0.2, -0.15) is 9.61 Å². The molecule has 56 valence electrons. The fourth-order valence-corrected chi connectivity index (χ4v) is 1.04. The summed E-state index contributed by atoms with van der Waals surface area (Å²) in [7, 11) is 1.71. The normalized spacial score (nSPS) is 10.6. The first-order valence-electron chi connectivity index (χ1n) is 3.28. The van der Waals surface area contributed by atoms with E-state index in [9.17, 15) is 4.79 Å². The van der Waals surface area contributed by atoms with Crippen LogP contribution in [0, 0.1) is 0 Å². The van der Waals surface area contributed by atoms with Gasteiger partial charge in [0.15, 0.2) is 0 Å². The van der Waals surface area contributed by atoms with Gasteiger partial charge in [0, 0.05) is 19.4 Å². The highest BCUT2D eigenvalue weighted by atomic mass is 16.2. The molecule has 0 fully saturated rings. The minimum atomic E-state index is -0.111. The maximum atomic E-state index is 11.2. The zero-order valence-electron chi connectivity index (χ0n) is 6.06. The Labute approximate surface area is 62.7 Å². The van der Waals surface area contributed by atoms with Crippen LogP contribution in [0.1, 0.15) is 0 Å². The van der Waals surface area contributed by atoms with Crippen molar-refractivity contribution in [1.29, 1.82) is 0 Å². The Kier molecular flexibility index (Phi) is 1.09. The second kappa shape index (κ2) is 1.95. The molecule has 0 radical (unpaired) electrons. The number of aryl methyl sites for hydroxylation is 1. The van der Waals surface area contributed by atoms with Crippen molar-refractivity contribution in [3.05, 3.63) is 35.0 Å². The fraction of sp³-hybridized carbons (Fsp3) is 0.143. The third-order valence-corrected chi connectivity index (χ3v) is 1.59. The molecule has 11 heavy (non-hydrogen) atoms. The van der Waals surface area contributed by atoms with Gasteiger partial charge >= 0.3 is 5.69 Å². The van der Waals surface area contributed by atoms with E-state index < -0.39 is 0 Å². The van der Waals surface area contributed by atoms with Crippen molar-refractivity contribution in [3.8, 4) is 0 Å². The van der Waals surface area contributed by atoms with E-state index in [0.717, 1.165) is 5.52 Å². The number of imidazole rings is 1. The third kappa shape index (κ3) is 0.756. The molecule has 0 aliphatic heterocycles. The van der Waals surface area contributed by atoms with Crippen LogP contribution >= 0.6 is 0 Å². The van der Waals surface area contributed by atoms with E-state index in [1.165, 1.54) is 9.08 Å². The lowest BCUT2D eigenvalue weighted by molar-refractivity contribution is 0.786. The summed E-state index contributed by atoms with van der Waals surface area (Å²) in [6.45, 7) is 0. The first kappa shape index (κ1) is 6.15. The molecule has 0 N–H and O–H groups in total. The van der Waals surface area contributed by atoms with Crippen LogP contribution in [0.3, 0.4) is 0 Å². The first-order chi connectivity index (χ1) is 5.29. The standard InChI is InChI=1S/C7H7N3O/c1-9-5-6-3-2-4-8-10(6)7(9)11/h2-5H,1H3. The second-order valence-electron chi connectivity index (χ2n) is 2.38. The Hall–Kier alpha value is -1.58. The Morgan fingerprint density at radius 1 is 1.55 bits per heavy atom. The molecule has 0 aliphatic rings. The van der Waals surface area contributed by atoms with E-state index in [0.29, 0.717) is 0 Å². The molecule has 4 heteroatoms. The van der Waals surface area contributed by atoms with Crippen LogP contribution in [0.25, 0.3) is 5.52 Å². The van der Waals surface area contributed by atoms with E-state index in [2.05, 4.69) is 5.10 Å². The van der Waals surface area contributed by atoms with Gasteiger partial charge in [-0.05, 0) is 12.1 Å². The van der Waals surface area contributed by atoms with Crippen LogP contribution in [0.4, 0.5) is 0 Å². The number of fused-ring (bicyclic) bond motifs is 1. The molecule has 0 aliphatic carbocycles. The smallest absolute Gasteiger partial charge is 0.300 e. The van der Waals surface area contributed by atoms with Gasteiger partial charge < -0.3 is 4.57 Å². The van der Waals surface area contributed by atoms with E-state index in [-0.39, 0.29) is 5.69 Å². The summed E-state index contributed by atoms with van der Waals surface area (Å²) in [5.41, 5.74) is 0.709. The minimum absolute atomic E-state index is 0.111. The lowest BCUT2D eigenvalue weighted by Crippen LogP contribution is -2.18. The Morgan fingerprint density at radius 3 is 3.09 bits per heavy atom. The van der Waals surface area contributed by atoms with Crippen molar-refractivity contribution in [3.63, 3.8) is 0 Å². The topological polar surface area (TPSA) is 39.3 Å². The van der Waals surface area contributed by atoms with Crippen LogP contribution in [0.2, 0.25) is 0 Å². The molecule has 0 aromatic carbocycles. The summed E-state index contributed by atoms with van der Waals surface area (Å²) in [4.78, 5) is 11.2. The minimum Gasteiger partial charge on any atom is -0.300 e. The van der Waals surface area contributed by atoms with Gasteiger partial charge in [-0.25, -0.2) is 4.79 Å². The zero-order chi connectivity index (χ0) is 7.84. The summed E-state index contributed by atoms with van der Waals surface area (Å²) in [5.74, 6) is 0. The van der Waals surface area contributed by atoms with Crippen molar-refractivity contribution in [2.75, 3.05) is 0 Å². The maximum absolute atomic E-state index is 11.2. The van der Waals surface area contributed by atoms with E-state index >= 15 is 0 Å². The Morgan fingerprint density at radius 2 is 2.36 bits per heavy atom. The maximum Gasteiger partial charge on any atom is 0.349 e.